The highest BCUT2D eigenvalue weighted by Gasteiger charge is 2.19. The van der Waals surface area contributed by atoms with E-state index in [1.54, 1.807) is 12.1 Å². The molecule has 1 amide bonds. The van der Waals surface area contributed by atoms with Gasteiger partial charge in [0.15, 0.2) is 11.5 Å². The Morgan fingerprint density at radius 2 is 1.91 bits per heavy atom. The number of fused-ring (bicyclic) bond motifs is 1. The molecule has 1 aromatic heterocycles. The largest absolute Gasteiger partial charge is 0.454 e. The number of benzene rings is 1. The predicted molar refractivity (Wildman–Crippen MR) is 91.8 cm³/mol. The molecule has 7 heteroatoms. The highest BCUT2D eigenvalue weighted by atomic mass is 35.5. The van der Waals surface area contributed by atoms with Gasteiger partial charge in [-0.15, -0.1) is 12.4 Å². The summed E-state index contributed by atoms with van der Waals surface area (Å²) in [5.41, 5.74) is 9.58. The number of nitrogens with two attached hydrogens (primary N) is 1. The normalized spacial score (nSPS) is 12.0. The molecule has 0 saturated carbocycles. The van der Waals surface area contributed by atoms with Gasteiger partial charge in [0, 0.05) is 30.1 Å². The summed E-state index contributed by atoms with van der Waals surface area (Å²) in [6, 6.07) is 5.24. The molecule has 2 aromatic rings. The summed E-state index contributed by atoms with van der Waals surface area (Å²) in [5, 5.41) is 2.85. The van der Waals surface area contributed by atoms with E-state index in [0.717, 1.165) is 17.9 Å². The van der Waals surface area contributed by atoms with E-state index in [1.165, 1.54) is 0 Å². The molecule has 0 bridgehead atoms. The number of hydrogen-bond acceptors (Lipinski definition) is 4. The number of ether oxygens (including phenoxy) is 2. The summed E-state index contributed by atoms with van der Waals surface area (Å²) in [7, 11) is 0. The van der Waals surface area contributed by atoms with Gasteiger partial charge in [0.05, 0.1) is 16.9 Å². The first-order valence-electron chi connectivity index (χ1n) is 7.18. The second-order valence-electron chi connectivity index (χ2n) is 5.28. The van der Waals surface area contributed by atoms with Gasteiger partial charge in [-0.05, 0) is 26.8 Å². The molecular weight excluding hydrogens is 318 g/mol. The summed E-state index contributed by atoms with van der Waals surface area (Å²) >= 11 is 0. The molecule has 23 heavy (non-hydrogen) atoms. The maximum absolute atomic E-state index is 12.5. The Labute approximate surface area is 141 Å². The van der Waals surface area contributed by atoms with Gasteiger partial charge in [-0.25, -0.2) is 0 Å². The van der Waals surface area contributed by atoms with Gasteiger partial charge in [-0.1, -0.05) is 0 Å². The van der Waals surface area contributed by atoms with Gasteiger partial charge >= 0.3 is 0 Å². The SMILES string of the molecule is CCn1c(C)cc(C(=O)Nc2cc3c(cc2N)OCO3)c1C.Cl. The van der Waals surface area contributed by atoms with E-state index in [1.807, 2.05) is 19.9 Å². The van der Waals surface area contributed by atoms with E-state index >= 15 is 0 Å². The van der Waals surface area contributed by atoms with Crippen molar-refractivity contribution < 1.29 is 14.3 Å². The number of carbonyl (C=O) groups is 1. The highest BCUT2D eigenvalue weighted by molar-refractivity contribution is 6.07. The molecule has 0 spiro atoms. The molecule has 1 aromatic carbocycles. The van der Waals surface area contributed by atoms with Gasteiger partial charge in [0.2, 0.25) is 6.79 Å². The van der Waals surface area contributed by atoms with E-state index in [4.69, 9.17) is 15.2 Å². The minimum absolute atomic E-state index is 0. The van der Waals surface area contributed by atoms with Crippen LogP contribution in [0.2, 0.25) is 0 Å². The van der Waals surface area contributed by atoms with Crippen LogP contribution in [-0.4, -0.2) is 17.3 Å². The van der Waals surface area contributed by atoms with Crippen molar-refractivity contribution in [2.45, 2.75) is 27.3 Å². The van der Waals surface area contributed by atoms with Crippen LogP contribution >= 0.6 is 12.4 Å². The zero-order valence-electron chi connectivity index (χ0n) is 13.3. The lowest BCUT2D eigenvalue weighted by molar-refractivity contribution is 0.102. The summed E-state index contributed by atoms with van der Waals surface area (Å²) in [6.45, 7) is 6.98. The van der Waals surface area contributed by atoms with Crippen molar-refractivity contribution in [2.75, 3.05) is 17.8 Å². The van der Waals surface area contributed by atoms with Gasteiger partial charge in [0.1, 0.15) is 0 Å². The summed E-state index contributed by atoms with van der Waals surface area (Å²) < 4.78 is 12.7. The number of nitrogens with zero attached hydrogens (tertiary/aromatic N) is 1. The molecule has 3 rings (SSSR count). The van der Waals surface area contributed by atoms with Crippen LogP contribution in [0.4, 0.5) is 11.4 Å². The van der Waals surface area contributed by atoms with Crippen LogP contribution in [0.1, 0.15) is 28.7 Å². The number of nitrogen functional groups attached to an aromatic ring is 1. The first-order valence-corrected chi connectivity index (χ1v) is 7.18. The van der Waals surface area contributed by atoms with Gasteiger partial charge in [-0.3, -0.25) is 4.79 Å². The van der Waals surface area contributed by atoms with E-state index in [0.29, 0.717) is 28.4 Å². The molecule has 3 N–H and O–H groups in total. The zero-order chi connectivity index (χ0) is 15.9. The number of aromatic nitrogens is 1. The minimum Gasteiger partial charge on any atom is -0.454 e. The maximum atomic E-state index is 12.5. The Bertz CT molecular complexity index is 756. The minimum atomic E-state index is -0.182. The standard InChI is InChI=1S/C16H19N3O3.ClH/c1-4-19-9(2)5-11(10(19)3)16(20)18-13-7-15-14(6-12(13)17)21-8-22-15;/h5-7H,4,8,17H2,1-3H3,(H,18,20);1H. The van der Waals surface area contributed by atoms with Crippen LogP contribution in [0.3, 0.4) is 0 Å². The molecule has 124 valence electrons. The topological polar surface area (TPSA) is 78.5 Å². The van der Waals surface area contributed by atoms with Crippen LogP contribution in [0.25, 0.3) is 0 Å². The maximum Gasteiger partial charge on any atom is 0.257 e. The molecule has 0 atom stereocenters. The number of carbonyl (C=O) groups excluding carboxylic acids is 1. The average Bonchev–Trinajstić information content (AvgIpc) is 3.03. The zero-order valence-corrected chi connectivity index (χ0v) is 14.1. The van der Waals surface area contributed by atoms with E-state index in [9.17, 15) is 4.79 Å². The summed E-state index contributed by atoms with van der Waals surface area (Å²) in [5.74, 6) is 1.00. The lowest BCUT2D eigenvalue weighted by Crippen LogP contribution is -2.14. The third kappa shape index (κ3) is 2.94. The van der Waals surface area contributed by atoms with Gasteiger partial charge < -0.3 is 25.1 Å². The average molecular weight is 338 g/mol. The Kier molecular flexibility index (Phi) is 4.75. The second-order valence-corrected chi connectivity index (χ2v) is 5.28. The fourth-order valence-electron chi connectivity index (χ4n) is 2.77. The van der Waals surface area contributed by atoms with Crippen LogP contribution in [0.15, 0.2) is 18.2 Å². The van der Waals surface area contributed by atoms with Crippen molar-refractivity contribution in [1.82, 2.24) is 4.57 Å². The number of anilines is 2. The fraction of sp³-hybridized carbons (Fsp3) is 0.312. The van der Waals surface area contributed by atoms with Crippen molar-refractivity contribution in [3.8, 4) is 11.5 Å². The van der Waals surface area contributed by atoms with Crippen molar-refractivity contribution in [1.29, 1.82) is 0 Å². The van der Waals surface area contributed by atoms with Crippen LogP contribution in [-0.2, 0) is 6.54 Å². The molecule has 0 unspecified atom stereocenters. The van der Waals surface area contributed by atoms with Crippen molar-refractivity contribution >= 4 is 29.7 Å². The first-order chi connectivity index (χ1) is 10.5. The molecule has 1 aliphatic heterocycles. The van der Waals surface area contributed by atoms with Gasteiger partial charge in [-0.2, -0.15) is 0 Å². The van der Waals surface area contributed by atoms with Crippen LogP contribution in [0, 0.1) is 13.8 Å². The lowest BCUT2D eigenvalue weighted by atomic mass is 10.2. The Morgan fingerprint density at radius 3 is 2.52 bits per heavy atom. The molecule has 0 radical (unpaired) electrons. The van der Waals surface area contributed by atoms with Gasteiger partial charge in [0.25, 0.3) is 5.91 Å². The van der Waals surface area contributed by atoms with Crippen molar-refractivity contribution in [3.63, 3.8) is 0 Å². The molecule has 0 aliphatic carbocycles. The first kappa shape index (κ1) is 17.0. The third-order valence-corrected chi connectivity index (χ3v) is 3.93. The monoisotopic (exact) mass is 337 g/mol. The van der Waals surface area contributed by atoms with E-state index in [-0.39, 0.29) is 25.1 Å². The Hall–Kier alpha value is -2.34. The number of amides is 1. The quantitative estimate of drug-likeness (QED) is 0.843. The fourth-order valence-corrected chi connectivity index (χ4v) is 2.77. The van der Waals surface area contributed by atoms with Crippen LogP contribution in [0.5, 0.6) is 11.5 Å². The number of nitrogens with one attached hydrogen (secondary N) is 1. The molecule has 2 heterocycles. The Balaban J connectivity index is 0.00000192. The van der Waals surface area contributed by atoms with E-state index < -0.39 is 0 Å². The predicted octanol–water partition coefficient (Wildman–Crippen LogP) is 3.11. The number of halogens is 1. The van der Waals surface area contributed by atoms with Crippen molar-refractivity contribution in [3.05, 3.63) is 35.2 Å². The third-order valence-electron chi connectivity index (χ3n) is 3.93. The lowest BCUT2D eigenvalue weighted by Gasteiger charge is -2.10. The molecular formula is C16H20ClN3O3. The second kappa shape index (κ2) is 6.42. The highest BCUT2D eigenvalue weighted by Crippen LogP contribution is 2.38. The molecule has 6 nitrogen and oxygen atoms in total. The number of rotatable bonds is 3. The summed E-state index contributed by atoms with van der Waals surface area (Å²) in [4.78, 5) is 12.5. The molecule has 0 saturated heterocycles. The summed E-state index contributed by atoms with van der Waals surface area (Å²) in [6.07, 6.45) is 0. The van der Waals surface area contributed by atoms with Crippen LogP contribution < -0.4 is 20.5 Å². The van der Waals surface area contributed by atoms with Crippen molar-refractivity contribution in [2.24, 2.45) is 0 Å². The molecule has 1 aliphatic rings. The number of hydrogen-bond donors (Lipinski definition) is 2. The number of aryl methyl sites for hydroxylation is 1. The molecule has 0 fully saturated rings. The van der Waals surface area contributed by atoms with E-state index in [2.05, 4.69) is 16.8 Å². The Morgan fingerprint density at radius 1 is 1.26 bits per heavy atom. The smallest absolute Gasteiger partial charge is 0.257 e.